The largest absolute Gasteiger partial charge is 0.490 e. The van der Waals surface area contributed by atoms with E-state index in [1.165, 1.54) is 0 Å². The van der Waals surface area contributed by atoms with E-state index in [0.29, 0.717) is 44.0 Å². The summed E-state index contributed by atoms with van der Waals surface area (Å²) >= 11 is 0. The summed E-state index contributed by atoms with van der Waals surface area (Å²) in [6.07, 6.45) is 1.74. The molecule has 0 heterocycles. The van der Waals surface area contributed by atoms with Gasteiger partial charge in [0.05, 0.1) is 13.2 Å². The molecule has 0 spiro atoms. The van der Waals surface area contributed by atoms with Crippen LogP contribution in [0.5, 0.6) is 11.5 Å². The van der Waals surface area contributed by atoms with Crippen LogP contribution in [-0.4, -0.2) is 30.5 Å². The smallest absolute Gasteiger partial charge is 0.161 e. The summed E-state index contributed by atoms with van der Waals surface area (Å²) in [4.78, 5) is 24.4. The molecule has 1 aliphatic carbocycles. The van der Waals surface area contributed by atoms with Crippen LogP contribution >= 0.6 is 0 Å². The number of nitrogens with one attached hydrogen (secondary N) is 1. The highest BCUT2D eigenvalue weighted by Gasteiger charge is 2.33. The normalized spacial score (nSPS) is 17.9. The van der Waals surface area contributed by atoms with Crippen molar-refractivity contribution in [1.29, 1.82) is 5.41 Å². The molecule has 0 aliphatic heterocycles. The first-order chi connectivity index (χ1) is 11.1. The second kappa shape index (κ2) is 7.90. The molecule has 5 nitrogen and oxygen atoms in total. The van der Waals surface area contributed by atoms with Crippen molar-refractivity contribution in [3.05, 3.63) is 23.8 Å². The van der Waals surface area contributed by atoms with E-state index < -0.39 is 5.92 Å². The molecule has 5 heteroatoms. The molecule has 1 N–H and O–H groups in total. The maximum Gasteiger partial charge on any atom is 0.161 e. The Morgan fingerprint density at radius 1 is 1.17 bits per heavy atom. The minimum atomic E-state index is -0.856. The van der Waals surface area contributed by atoms with Crippen LogP contribution in [0, 0.1) is 11.3 Å². The molecular weight excluding hydrogens is 294 g/mol. The van der Waals surface area contributed by atoms with Crippen LogP contribution in [0.4, 0.5) is 0 Å². The molecule has 2 rings (SSSR count). The van der Waals surface area contributed by atoms with Crippen molar-refractivity contribution in [3.8, 4) is 11.5 Å². The van der Waals surface area contributed by atoms with E-state index in [9.17, 15) is 9.59 Å². The lowest BCUT2D eigenvalue weighted by Gasteiger charge is -2.20. The standard InChI is InChI=1S/C18H23NO4/c1-3-22-16-9-8-12(11-17(16)23-4-2)10-15(21)18-13(19)6-5-7-14(18)20/h8-9,11,18-19H,3-7,10H2,1-2H3/t18-/m0/s1. The molecule has 1 saturated carbocycles. The molecule has 0 saturated heterocycles. The van der Waals surface area contributed by atoms with Crippen LogP contribution in [0.25, 0.3) is 0 Å². The topological polar surface area (TPSA) is 76.5 Å². The Morgan fingerprint density at radius 3 is 2.52 bits per heavy atom. The van der Waals surface area contributed by atoms with Crippen molar-refractivity contribution in [2.45, 2.75) is 39.5 Å². The van der Waals surface area contributed by atoms with Gasteiger partial charge in [-0.25, -0.2) is 0 Å². The van der Waals surface area contributed by atoms with Crippen molar-refractivity contribution < 1.29 is 19.1 Å². The van der Waals surface area contributed by atoms with Crippen molar-refractivity contribution in [2.75, 3.05) is 13.2 Å². The van der Waals surface area contributed by atoms with Gasteiger partial charge in [-0.3, -0.25) is 9.59 Å². The zero-order valence-corrected chi connectivity index (χ0v) is 13.7. The number of ether oxygens (including phenoxy) is 2. The first kappa shape index (κ1) is 17.2. The lowest BCUT2D eigenvalue weighted by molar-refractivity contribution is -0.130. The zero-order chi connectivity index (χ0) is 16.8. The third-order valence-electron chi connectivity index (χ3n) is 3.85. The molecule has 0 aromatic heterocycles. The molecule has 0 amide bonds. The van der Waals surface area contributed by atoms with E-state index in [4.69, 9.17) is 14.9 Å². The highest BCUT2D eigenvalue weighted by molar-refractivity contribution is 6.21. The number of ketones is 2. The lowest BCUT2D eigenvalue weighted by atomic mass is 9.81. The van der Waals surface area contributed by atoms with Gasteiger partial charge >= 0.3 is 0 Å². The Hall–Kier alpha value is -2.17. The number of rotatable bonds is 7. The predicted molar refractivity (Wildman–Crippen MR) is 87.6 cm³/mol. The van der Waals surface area contributed by atoms with Crippen LogP contribution in [0.2, 0.25) is 0 Å². The van der Waals surface area contributed by atoms with E-state index in [-0.39, 0.29) is 23.7 Å². The molecular formula is C18H23NO4. The minimum absolute atomic E-state index is 0.123. The fraction of sp³-hybridized carbons (Fsp3) is 0.500. The van der Waals surface area contributed by atoms with Gasteiger partial charge in [-0.05, 0) is 44.4 Å². The van der Waals surface area contributed by atoms with Gasteiger partial charge in [0.1, 0.15) is 11.7 Å². The SMILES string of the molecule is CCOc1ccc(CC(=O)[C@H]2C(=N)CCCC2=O)cc1OCC. The summed E-state index contributed by atoms with van der Waals surface area (Å²) < 4.78 is 11.1. The first-order valence-corrected chi connectivity index (χ1v) is 8.08. The minimum Gasteiger partial charge on any atom is -0.490 e. The van der Waals surface area contributed by atoms with Gasteiger partial charge in [-0.2, -0.15) is 0 Å². The highest BCUT2D eigenvalue weighted by atomic mass is 16.5. The van der Waals surface area contributed by atoms with Crippen LogP contribution in [0.15, 0.2) is 18.2 Å². The fourth-order valence-corrected chi connectivity index (χ4v) is 2.82. The van der Waals surface area contributed by atoms with E-state index in [1.54, 1.807) is 12.1 Å². The molecule has 0 bridgehead atoms. The molecule has 1 aromatic rings. The predicted octanol–water partition coefficient (Wildman–Crippen LogP) is 2.98. The molecule has 1 fully saturated rings. The molecule has 1 aliphatic rings. The highest BCUT2D eigenvalue weighted by Crippen LogP contribution is 2.29. The quantitative estimate of drug-likeness (QED) is 0.784. The zero-order valence-electron chi connectivity index (χ0n) is 13.7. The Labute approximate surface area is 136 Å². The Bertz CT molecular complexity index is 593. The summed E-state index contributed by atoms with van der Waals surface area (Å²) in [5.74, 6) is 0.0659. The number of hydrogen-bond donors (Lipinski definition) is 1. The third kappa shape index (κ3) is 4.18. The number of benzene rings is 1. The number of Topliss-reactive ketones (excluding diaryl/α,β-unsaturated/α-hetero) is 2. The Balaban J connectivity index is 2.15. The lowest BCUT2D eigenvalue weighted by Crippen LogP contribution is -2.35. The molecule has 1 aromatic carbocycles. The summed E-state index contributed by atoms with van der Waals surface area (Å²) in [6, 6.07) is 5.37. The van der Waals surface area contributed by atoms with Gasteiger partial charge in [0.15, 0.2) is 17.3 Å². The molecule has 0 unspecified atom stereocenters. The molecule has 23 heavy (non-hydrogen) atoms. The van der Waals surface area contributed by atoms with Crippen molar-refractivity contribution >= 4 is 17.3 Å². The van der Waals surface area contributed by atoms with Crippen molar-refractivity contribution in [1.82, 2.24) is 0 Å². The van der Waals surface area contributed by atoms with Gasteiger partial charge in [-0.15, -0.1) is 0 Å². The average molecular weight is 317 g/mol. The van der Waals surface area contributed by atoms with Gasteiger partial charge in [0, 0.05) is 18.6 Å². The third-order valence-corrected chi connectivity index (χ3v) is 3.85. The summed E-state index contributed by atoms with van der Waals surface area (Å²) in [7, 11) is 0. The van der Waals surface area contributed by atoms with E-state index in [1.807, 2.05) is 19.9 Å². The Kier molecular flexibility index (Phi) is 5.90. The van der Waals surface area contributed by atoms with Gasteiger partial charge < -0.3 is 14.9 Å². The maximum absolute atomic E-state index is 12.4. The van der Waals surface area contributed by atoms with Crippen LogP contribution < -0.4 is 9.47 Å². The Morgan fingerprint density at radius 2 is 1.87 bits per heavy atom. The van der Waals surface area contributed by atoms with Gasteiger partial charge in [0.2, 0.25) is 0 Å². The second-order valence-electron chi connectivity index (χ2n) is 5.57. The molecule has 1 atom stereocenters. The second-order valence-corrected chi connectivity index (χ2v) is 5.57. The molecule has 0 radical (unpaired) electrons. The number of carbonyl (C=O) groups excluding carboxylic acids is 2. The number of carbonyl (C=O) groups is 2. The van der Waals surface area contributed by atoms with E-state index in [0.717, 1.165) is 5.56 Å². The van der Waals surface area contributed by atoms with Gasteiger partial charge in [0.25, 0.3) is 0 Å². The van der Waals surface area contributed by atoms with Crippen LogP contribution in [-0.2, 0) is 16.0 Å². The van der Waals surface area contributed by atoms with Crippen molar-refractivity contribution in [3.63, 3.8) is 0 Å². The first-order valence-electron chi connectivity index (χ1n) is 8.08. The van der Waals surface area contributed by atoms with Crippen LogP contribution in [0.1, 0.15) is 38.7 Å². The maximum atomic E-state index is 12.4. The number of hydrogen-bond acceptors (Lipinski definition) is 5. The van der Waals surface area contributed by atoms with Gasteiger partial charge in [-0.1, -0.05) is 6.07 Å². The van der Waals surface area contributed by atoms with E-state index in [2.05, 4.69) is 0 Å². The van der Waals surface area contributed by atoms with Crippen LogP contribution in [0.3, 0.4) is 0 Å². The van der Waals surface area contributed by atoms with Crippen molar-refractivity contribution in [2.24, 2.45) is 5.92 Å². The molecule has 124 valence electrons. The van der Waals surface area contributed by atoms with E-state index >= 15 is 0 Å². The monoisotopic (exact) mass is 317 g/mol. The average Bonchev–Trinajstić information content (AvgIpc) is 2.50. The summed E-state index contributed by atoms with van der Waals surface area (Å²) in [6.45, 7) is 4.82. The summed E-state index contributed by atoms with van der Waals surface area (Å²) in [5.41, 5.74) is 1.02. The fourth-order valence-electron chi connectivity index (χ4n) is 2.82. The summed E-state index contributed by atoms with van der Waals surface area (Å²) in [5, 5.41) is 7.88.